The summed E-state index contributed by atoms with van der Waals surface area (Å²) >= 11 is 0. The van der Waals surface area contributed by atoms with Gasteiger partial charge in [-0.25, -0.2) is 4.79 Å². The van der Waals surface area contributed by atoms with Gasteiger partial charge in [-0.3, -0.25) is 14.9 Å². The van der Waals surface area contributed by atoms with Gasteiger partial charge in [-0.15, -0.1) is 0 Å². The van der Waals surface area contributed by atoms with Crippen molar-refractivity contribution in [1.29, 1.82) is 0 Å². The summed E-state index contributed by atoms with van der Waals surface area (Å²) in [4.78, 5) is 33.6. The number of rotatable bonds is 5. The topological polar surface area (TPSA) is 86.5 Å². The molecule has 0 heterocycles. The minimum absolute atomic E-state index is 0.118. The Hall–Kier alpha value is -3.02. The van der Waals surface area contributed by atoms with Crippen molar-refractivity contribution in [3.05, 3.63) is 75.3 Å². The molecule has 2 aromatic carbocycles. The van der Waals surface area contributed by atoms with Crippen molar-refractivity contribution in [2.75, 3.05) is 6.61 Å². The van der Waals surface area contributed by atoms with E-state index < -0.39 is 10.9 Å². The van der Waals surface area contributed by atoms with Crippen LogP contribution in [0, 0.1) is 17.0 Å². The normalized spacial score (nSPS) is 10.0. The van der Waals surface area contributed by atoms with Crippen LogP contribution < -0.4 is 0 Å². The van der Waals surface area contributed by atoms with E-state index in [1.165, 1.54) is 24.3 Å². The summed E-state index contributed by atoms with van der Waals surface area (Å²) in [5.41, 5.74) is 1.52. The molecule has 6 heteroatoms. The van der Waals surface area contributed by atoms with E-state index in [0.29, 0.717) is 5.56 Å². The molecule has 2 rings (SSSR count). The zero-order valence-corrected chi connectivity index (χ0v) is 11.8. The molecule has 0 saturated carbocycles. The molecule has 0 aliphatic rings. The number of nitro groups is 1. The molecule has 2 aromatic rings. The third kappa shape index (κ3) is 3.76. The highest BCUT2D eigenvalue weighted by Gasteiger charge is 2.13. The van der Waals surface area contributed by atoms with Gasteiger partial charge in [-0.1, -0.05) is 29.8 Å². The van der Waals surface area contributed by atoms with Gasteiger partial charge in [0.15, 0.2) is 12.4 Å². The largest absolute Gasteiger partial charge is 0.454 e. The second-order valence-electron chi connectivity index (χ2n) is 4.67. The average molecular weight is 299 g/mol. The Morgan fingerprint density at radius 2 is 1.55 bits per heavy atom. The number of hydrogen-bond donors (Lipinski definition) is 0. The highest BCUT2D eigenvalue weighted by atomic mass is 16.6. The van der Waals surface area contributed by atoms with Crippen molar-refractivity contribution in [1.82, 2.24) is 0 Å². The first-order chi connectivity index (χ1) is 10.5. The Labute approximate surface area is 126 Å². The molecule has 22 heavy (non-hydrogen) atoms. The Bertz CT molecular complexity index is 704. The second-order valence-corrected chi connectivity index (χ2v) is 4.67. The lowest BCUT2D eigenvalue weighted by Crippen LogP contribution is -2.14. The highest BCUT2D eigenvalue weighted by molar-refractivity contribution is 5.99. The van der Waals surface area contributed by atoms with Gasteiger partial charge in [0.2, 0.25) is 0 Å². The average Bonchev–Trinajstić information content (AvgIpc) is 2.53. The Balaban J connectivity index is 1.96. The van der Waals surface area contributed by atoms with Crippen molar-refractivity contribution in [2.45, 2.75) is 6.92 Å². The molecular formula is C16H13NO5. The maximum Gasteiger partial charge on any atom is 0.338 e. The number of hydrogen-bond acceptors (Lipinski definition) is 5. The van der Waals surface area contributed by atoms with Crippen LogP contribution in [0.1, 0.15) is 26.3 Å². The maximum absolute atomic E-state index is 11.9. The number of benzene rings is 2. The molecule has 0 aliphatic carbocycles. The van der Waals surface area contributed by atoms with Gasteiger partial charge in [0.25, 0.3) is 5.69 Å². The minimum atomic E-state index is -0.699. The Morgan fingerprint density at radius 3 is 2.09 bits per heavy atom. The molecular weight excluding hydrogens is 286 g/mol. The van der Waals surface area contributed by atoms with Crippen molar-refractivity contribution in [2.24, 2.45) is 0 Å². The summed E-state index contributed by atoms with van der Waals surface area (Å²) in [5, 5.41) is 10.5. The molecule has 0 spiro atoms. The van der Waals surface area contributed by atoms with Gasteiger partial charge in [-0.05, 0) is 19.1 Å². The molecule has 0 bridgehead atoms. The smallest absolute Gasteiger partial charge is 0.338 e. The lowest BCUT2D eigenvalue weighted by atomic mass is 10.1. The molecule has 0 saturated heterocycles. The van der Waals surface area contributed by atoms with Crippen LogP contribution >= 0.6 is 0 Å². The minimum Gasteiger partial charge on any atom is -0.454 e. The van der Waals surface area contributed by atoms with Crippen molar-refractivity contribution < 1.29 is 19.2 Å². The van der Waals surface area contributed by atoms with Gasteiger partial charge in [0.1, 0.15) is 0 Å². The zero-order valence-electron chi connectivity index (χ0n) is 11.8. The van der Waals surface area contributed by atoms with E-state index in [9.17, 15) is 19.7 Å². The third-order valence-electron chi connectivity index (χ3n) is 3.02. The molecule has 0 radical (unpaired) electrons. The third-order valence-corrected chi connectivity index (χ3v) is 3.02. The van der Waals surface area contributed by atoms with E-state index in [4.69, 9.17) is 4.74 Å². The quantitative estimate of drug-likeness (QED) is 0.366. The number of ketones is 1. The number of ether oxygens (including phenoxy) is 1. The fourth-order valence-electron chi connectivity index (χ4n) is 1.76. The fourth-order valence-corrected chi connectivity index (χ4v) is 1.76. The summed E-state index contributed by atoms with van der Waals surface area (Å²) in [5.74, 6) is -1.01. The Morgan fingerprint density at radius 1 is 1.00 bits per heavy atom. The summed E-state index contributed by atoms with van der Waals surface area (Å²) in [6.45, 7) is 1.53. The van der Waals surface area contributed by atoms with Crippen LogP contribution in [0.5, 0.6) is 0 Å². The number of nitrogens with zero attached hydrogens (tertiary/aromatic N) is 1. The summed E-state index contributed by atoms with van der Waals surface area (Å²) in [7, 11) is 0. The first-order valence-corrected chi connectivity index (χ1v) is 6.49. The van der Waals surface area contributed by atoms with E-state index in [-0.39, 0.29) is 23.6 Å². The van der Waals surface area contributed by atoms with Gasteiger partial charge in [0, 0.05) is 17.7 Å². The molecule has 0 amide bonds. The van der Waals surface area contributed by atoms with E-state index in [0.717, 1.165) is 5.56 Å². The van der Waals surface area contributed by atoms with Crippen molar-refractivity contribution in [3.8, 4) is 0 Å². The fraction of sp³-hybridized carbons (Fsp3) is 0.125. The monoisotopic (exact) mass is 299 g/mol. The van der Waals surface area contributed by atoms with E-state index in [1.807, 2.05) is 6.92 Å². The lowest BCUT2D eigenvalue weighted by Gasteiger charge is -2.04. The van der Waals surface area contributed by atoms with E-state index >= 15 is 0 Å². The summed E-state index contributed by atoms with van der Waals surface area (Å²) in [6.07, 6.45) is 0. The molecule has 0 aromatic heterocycles. The SMILES string of the molecule is Cc1ccc(C(=O)COC(=O)c2ccc([N+](=O)[O-])cc2)cc1. The number of non-ortho nitro benzene ring substituents is 1. The standard InChI is InChI=1S/C16H13NO5/c1-11-2-4-12(5-3-11)15(18)10-22-16(19)13-6-8-14(9-7-13)17(20)21/h2-9H,10H2,1H3. The van der Waals surface area contributed by atoms with Crippen LogP contribution in [0.25, 0.3) is 0 Å². The molecule has 0 unspecified atom stereocenters. The summed E-state index contributed by atoms with van der Waals surface area (Å²) in [6, 6.07) is 11.9. The predicted molar refractivity (Wildman–Crippen MR) is 78.9 cm³/mol. The number of nitro benzene ring substituents is 1. The van der Waals surface area contributed by atoms with Crippen LogP contribution in [-0.2, 0) is 4.74 Å². The zero-order chi connectivity index (χ0) is 16.1. The number of esters is 1. The maximum atomic E-state index is 11.9. The Kier molecular flexibility index (Phi) is 4.63. The molecule has 0 fully saturated rings. The predicted octanol–water partition coefficient (Wildman–Crippen LogP) is 2.94. The van der Waals surface area contributed by atoms with Crippen LogP contribution in [0.4, 0.5) is 5.69 Å². The van der Waals surface area contributed by atoms with Crippen molar-refractivity contribution >= 4 is 17.4 Å². The van der Waals surface area contributed by atoms with E-state index in [2.05, 4.69) is 0 Å². The van der Waals surface area contributed by atoms with Crippen molar-refractivity contribution in [3.63, 3.8) is 0 Å². The van der Waals surface area contributed by atoms with Crippen LogP contribution in [0.3, 0.4) is 0 Å². The summed E-state index contributed by atoms with van der Waals surface area (Å²) < 4.78 is 4.92. The van der Waals surface area contributed by atoms with Gasteiger partial charge >= 0.3 is 5.97 Å². The second kappa shape index (κ2) is 6.62. The molecule has 112 valence electrons. The van der Waals surface area contributed by atoms with Crippen LogP contribution in [-0.4, -0.2) is 23.3 Å². The van der Waals surface area contributed by atoms with Crippen LogP contribution in [0.2, 0.25) is 0 Å². The molecule has 0 atom stereocenters. The molecule has 0 N–H and O–H groups in total. The first-order valence-electron chi connectivity index (χ1n) is 6.49. The molecule has 6 nitrogen and oxygen atoms in total. The number of carbonyl (C=O) groups excluding carboxylic acids is 2. The number of Topliss-reactive ketones (excluding diaryl/α,β-unsaturated/α-hetero) is 1. The first kappa shape index (κ1) is 15.4. The van der Waals surface area contributed by atoms with Crippen LogP contribution in [0.15, 0.2) is 48.5 Å². The van der Waals surface area contributed by atoms with Gasteiger partial charge in [0.05, 0.1) is 10.5 Å². The van der Waals surface area contributed by atoms with Gasteiger partial charge < -0.3 is 4.74 Å². The van der Waals surface area contributed by atoms with Gasteiger partial charge in [-0.2, -0.15) is 0 Å². The number of aryl methyl sites for hydroxylation is 1. The number of carbonyl (C=O) groups is 2. The lowest BCUT2D eigenvalue weighted by molar-refractivity contribution is -0.384. The highest BCUT2D eigenvalue weighted by Crippen LogP contribution is 2.13. The van der Waals surface area contributed by atoms with E-state index in [1.54, 1.807) is 24.3 Å². The molecule has 0 aliphatic heterocycles.